The first kappa shape index (κ1) is 37.0. The van der Waals surface area contributed by atoms with Crippen molar-refractivity contribution in [3.8, 4) is 0 Å². The van der Waals surface area contributed by atoms with E-state index in [0.717, 1.165) is 31.1 Å². The molecule has 0 unspecified atom stereocenters. The minimum atomic E-state index is -2.46. The van der Waals surface area contributed by atoms with Crippen molar-refractivity contribution in [3.63, 3.8) is 0 Å². The second kappa shape index (κ2) is 28.4. The molecule has 0 aromatic carbocycles. The number of aliphatic carboxylic acids is 1. The highest BCUT2D eigenvalue weighted by Crippen LogP contribution is 2.20. The van der Waals surface area contributed by atoms with Crippen molar-refractivity contribution >= 4 is 43.1 Å². The van der Waals surface area contributed by atoms with Crippen LogP contribution in [0, 0.1) is 0 Å². The van der Waals surface area contributed by atoms with Gasteiger partial charge in [-0.3, -0.25) is 4.79 Å². The number of thiocarbonyl (C=S) groups is 1. The molecule has 0 amide bonds. The molecular formula is C26H55NO5S2Si. The number of rotatable bonds is 24. The first-order valence-corrected chi connectivity index (χ1v) is 17.3. The summed E-state index contributed by atoms with van der Waals surface area (Å²) in [4.78, 5) is 10.3. The topological polar surface area (TPSA) is 91.0 Å². The minimum absolute atomic E-state index is 0.345. The molecule has 0 saturated carbocycles. The number of carbonyl (C=O) groups is 1. The number of nitrogens with two attached hydrogens (primary N) is 1. The molecule has 0 atom stereocenters. The van der Waals surface area contributed by atoms with E-state index in [1.807, 2.05) is 20.8 Å². The lowest BCUT2D eigenvalue weighted by atomic mass is 10.0. The van der Waals surface area contributed by atoms with Crippen molar-refractivity contribution in [2.24, 2.45) is 5.73 Å². The summed E-state index contributed by atoms with van der Waals surface area (Å²) in [6, 6.07) is 0.818. The zero-order valence-electron chi connectivity index (χ0n) is 23.1. The standard InChI is InChI=1S/C16H32O2.C10H23NO3S2Si/c1-2-3-4-5-6-7-8-9-10-11-12-13-14-15-16(17)18;1-4-12-17(13-5-2,14-6-3)9-7-8-16-10(11)15/h2-15H2,1H3,(H,17,18);4-9H2,1-3H3,(H2,11,15). The Kier molecular flexibility index (Phi) is 30.0. The fraction of sp³-hybridized carbons (Fsp3) is 0.923. The number of hydrogen-bond donors (Lipinski definition) is 2. The highest BCUT2D eigenvalue weighted by Gasteiger charge is 2.39. The molecule has 9 heteroatoms. The second-order valence-corrected chi connectivity index (χ2v) is 13.2. The Morgan fingerprint density at radius 3 is 1.49 bits per heavy atom. The van der Waals surface area contributed by atoms with Gasteiger partial charge in [-0.2, -0.15) is 0 Å². The predicted octanol–water partition coefficient (Wildman–Crippen LogP) is 7.95. The molecular weight excluding hydrogens is 499 g/mol. The largest absolute Gasteiger partial charge is 0.500 e. The Balaban J connectivity index is 0. The van der Waals surface area contributed by atoms with Crippen LogP contribution < -0.4 is 5.73 Å². The average Bonchev–Trinajstić information content (AvgIpc) is 2.80. The van der Waals surface area contributed by atoms with Gasteiger partial charge in [-0.25, -0.2) is 0 Å². The molecule has 35 heavy (non-hydrogen) atoms. The van der Waals surface area contributed by atoms with Gasteiger partial charge < -0.3 is 24.1 Å². The van der Waals surface area contributed by atoms with E-state index < -0.39 is 14.8 Å². The van der Waals surface area contributed by atoms with Crippen LogP contribution >= 0.6 is 24.0 Å². The van der Waals surface area contributed by atoms with Crippen LogP contribution in [0.15, 0.2) is 0 Å². The summed E-state index contributed by atoms with van der Waals surface area (Å²) in [6.45, 7) is 10.0. The Morgan fingerprint density at radius 1 is 0.743 bits per heavy atom. The van der Waals surface area contributed by atoms with Crippen molar-refractivity contribution < 1.29 is 23.2 Å². The summed E-state index contributed by atoms with van der Waals surface area (Å²) < 4.78 is 17.7. The van der Waals surface area contributed by atoms with Crippen LogP contribution in [-0.2, 0) is 18.1 Å². The molecule has 6 nitrogen and oxygen atoms in total. The van der Waals surface area contributed by atoms with Gasteiger partial charge in [-0.05, 0) is 33.6 Å². The summed E-state index contributed by atoms with van der Waals surface area (Å²) in [5.41, 5.74) is 5.43. The first-order chi connectivity index (χ1) is 16.9. The Hall–Kier alpha value is -0.193. The number of carboxylic acids is 1. The van der Waals surface area contributed by atoms with Crippen LogP contribution in [0.5, 0.6) is 0 Å². The van der Waals surface area contributed by atoms with Gasteiger partial charge in [0.2, 0.25) is 0 Å². The zero-order chi connectivity index (χ0) is 26.6. The van der Waals surface area contributed by atoms with E-state index in [2.05, 4.69) is 6.92 Å². The molecule has 0 saturated heterocycles. The fourth-order valence-corrected chi connectivity index (χ4v) is 7.37. The number of hydrogen-bond acceptors (Lipinski definition) is 6. The van der Waals surface area contributed by atoms with E-state index in [1.165, 1.54) is 82.4 Å². The van der Waals surface area contributed by atoms with E-state index >= 15 is 0 Å². The smallest absolute Gasteiger partial charge is 0.481 e. The number of thioether (sulfide) groups is 1. The molecule has 0 aromatic rings. The molecule has 0 fully saturated rings. The third-order valence-corrected chi connectivity index (χ3v) is 9.74. The fourth-order valence-electron chi connectivity index (χ4n) is 3.76. The predicted molar refractivity (Wildman–Crippen MR) is 157 cm³/mol. The van der Waals surface area contributed by atoms with Gasteiger partial charge in [-0.1, -0.05) is 108 Å². The van der Waals surface area contributed by atoms with Crippen molar-refractivity contribution in [2.45, 2.75) is 130 Å². The maximum Gasteiger partial charge on any atom is 0.500 e. The third kappa shape index (κ3) is 28.2. The lowest BCUT2D eigenvalue weighted by molar-refractivity contribution is -0.137. The lowest BCUT2D eigenvalue weighted by Gasteiger charge is -2.28. The van der Waals surface area contributed by atoms with E-state index in [4.69, 9.17) is 36.3 Å². The van der Waals surface area contributed by atoms with Crippen LogP contribution in [0.4, 0.5) is 0 Å². The van der Waals surface area contributed by atoms with Crippen LogP contribution in [0.2, 0.25) is 6.04 Å². The maximum absolute atomic E-state index is 10.3. The van der Waals surface area contributed by atoms with E-state index in [0.29, 0.717) is 30.6 Å². The second-order valence-electron chi connectivity index (χ2n) is 8.64. The molecule has 0 aliphatic rings. The molecule has 0 aliphatic carbocycles. The summed E-state index contributed by atoms with van der Waals surface area (Å²) >= 11 is 6.31. The first-order valence-electron chi connectivity index (χ1n) is 13.9. The summed E-state index contributed by atoms with van der Waals surface area (Å²) in [5.74, 6) is 0.232. The number of unbranched alkanes of at least 4 members (excludes halogenated alkanes) is 12. The van der Waals surface area contributed by atoms with Gasteiger partial charge in [0, 0.05) is 38.0 Å². The van der Waals surface area contributed by atoms with Gasteiger partial charge in [0.1, 0.15) is 4.32 Å². The number of carboxylic acid groups (broad SMARTS) is 1. The Bertz CT molecular complexity index is 470. The van der Waals surface area contributed by atoms with Gasteiger partial charge in [0.25, 0.3) is 0 Å². The maximum atomic E-state index is 10.3. The summed E-state index contributed by atoms with van der Waals surface area (Å²) in [5, 5.41) is 8.49. The molecule has 0 radical (unpaired) electrons. The van der Waals surface area contributed by atoms with Crippen LogP contribution in [0.1, 0.15) is 124 Å². The molecule has 0 heterocycles. The molecule has 0 aliphatic heterocycles. The van der Waals surface area contributed by atoms with E-state index in [-0.39, 0.29) is 0 Å². The van der Waals surface area contributed by atoms with Crippen molar-refractivity contribution in [1.82, 2.24) is 0 Å². The van der Waals surface area contributed by atoms with Gasteiger partial charge in [-0.15, -0.1) is 0 Å². The van der Waals surface area contributed by atoms with Crippen molar-refractivity contribution in [1.29, 1.82) is 0 Å². The monoisotopic (exact) mass is 553 g/mol. The third-order valence-electron chi connectivity index (χ3n) is 5.46. The molecule has 210 valence electrons. The molecule has 0 spiro atoms. The molecule has 0 rings (SSSR count). The van der Waals surface area contributed by atoms with Crippen molar-refractivity contribution in [3.05, 3.63) is 0 Å². The van der Waals surface area contributed by atoms with Gasteiger partial charge >= 0.3 is 14.8 Å². The summed E-state index contributed by atoms with van der Waals surface area (Å²) in [7, 11) is -2.46. The van der Waals surface area contributed by atoms with Crippen LogP contribution in [-0.4, -0.2) is 49.8 Å². The highest BCUT2D eigenvalue weighted by atomic mass is 32.2. The highest BCUT2D eigenvalue weighted by molar-refractivity contribution is 8.22. The van der Waals surface area contributed by atoms with Crippen molar-refractivity contribution in [2.75, 3.05) is 25.6 Å². The molecule has 0 aromatic heterocycles. The van der Waals surface area contributed by atoms with E-state index in [9.17, 15) is 4.79 Å². The Labute approximate surface area is 227 Å². The average molecular weight is 554 g/mol. The Morgan fingerprint density at radius 2 is 1.14 bits per heavy atom. The van der Waals surface area contributed by atoms with Gasteiger partial charge in [0.05, 0.1) is 0 Å². The molecule has 0 bridgehead atoms. The zero-order valence-corrected chi connectivity index (χ0v) is 25.7. The minimum Gasteiger partial charge on any atom is -0.481 e. The summed E-state index contributed by atoms with van der Waals surface area (Å²) in [6.07, 6.45) is 18.2. The quantitative estimate of drug-likeness (QED) is 0.0706. The van der Waals surface area contributed by atoms with Gasteiger partial charge in [0.15, 0.2) is 0 Å². The normalized spacial score (nSPS) is 11.2. The molecule has 3 N–H and O–H groups in total. The SMILES string of the molecule is CCCCCCCCCCCCCCCC(=O)O.CCO[Si](CCCSC(N)=S)(OCC)OCC. The lowest BCUT2D eigenvalue weighted by Crippen LogP contribution is -2.46. The van der Waals surface area contributed by atoms with Crippen LogP contribution in [0.3, 0.4) is 0 Å². The van der Waals surface area contributed by atoms with E-state index in [1.54, 1.807) is 0 Å². The van der Waals surface area contributed by atoms with Crippen LogP contribution in [0.25, 0.3) is 0 Å².